The number of carbonyl (C=O) groups is 3. The third-order valence-corrected chi connectivity index (χ3v) is 5.36. The molecule has 3 aromatic rings. The van der Waals surface area contributed by atoms with E-state index in [4.69, 9.17) is 19.6 Å². The summed E-state index contributed by atoms with van der Waals surface area (Å²) in [6, 6.07) is 5.64. The molecule has 0 aliphatic heterocycles. The minimum Gasteiger partial charge on any atom is -0.483 e. The molecule has 0 atom stereocenters. The van der Waals surface area contributed by atoms with Crippen LogP contribution in [0.15, 0.2) is 34.7 Å². The van der Waals surface area contributed by atoms with Gasteiger partial charge in [0.15, 0.2) is 17.3 Å². The van der Waals surface area contributed by atoms with Gasteiger partial charge in [0.1, 0.15) is 23.2 Å². The number of methoxy groups -OCH3 is 1. The highest BCUT2D eigenvalue weighted by Gasteiger charge is 2.26. The third kappa shape index (κ3) is 4.72. The number of thiophene rings is 1. The van der Waals surface area contributed by atoms with Crippen molar-refractivity contribution in [1.82, 2.24) is 0 Å². The number of nitrogens with one attached hydrogen (secondary N) is 1. The average molecular weight is 450 g/mol. The molecule has 0 radical (unpaired) electrons. The molecule has 2 amide bonds. The van der Waals surface area contributed by atoms with Crippen LogP contribution >= 0.6 is 11.3 Å². The van der Waals surface area contributed by atoms with Gasteiger partial charge < -0.3 is 24.9 Å². The van der Waals surface area contributed by atoms with Crippen LogP contribution in [-0.2, 0) is 11.3 Å². The Labute approximate surface area is 178 Å². The SMILES string of the molecule is COC(=O)c1c(NC(=O)c2ccc(COc3ccc(F)cc3F)o2)sc(C(N)=O)c1C. The second kappa shape index (κ2) is 8.96. The van der Waals surface area contributed by atoms with E-state index in [0.29, 0.717) is 6.07 Å². The van der Waals surface area contributed by atoms with E-state index >= 15 is 0 Å². The summed E-state index contributed by atoms with van der Waals surface area (Å²) in [4.78, 5) is 36.3. The van der Waals surface area contributed by atoms with E-state index < -0.39 is 29.4 Å². The van der Waals surface area contributed by atoms with E-state index in [-0.39, 0.29) is 44.9 Å². The molecule has 0 aliphatic carbocycles. The van der Waals surface area contributed by atoms with Gasteiger partial charge in [-0.1, -0.05) is 0 Å². The number of anilines is 1. The molecule has 0 spiro atoms. The molecular weight excluding hydrogens is 434 g/mol. The fraction of sp³-hybridized carbons (Fsp3) is 0.150. The van der Waals surface area contributed by atoms with Gasteiger partial charge in [-0.05, 0) is 36.8 Å². The van der Waals surface area contributed by atoms with E-state index in [1.54, 1.807) is 0 Å². The maximum atomic E-state index is 13.6. The van der Waals surface area contributed by atoms with Crippen molar-refractivity contribution in [2.24, 2.45) is 5.73 Å². The number of carbonyl (C=O) groups excluding carboxylic acids is 3. The first-order chi connectivity index (χ1) is 14.7. The van der Waals surface area contributed by atoms with Crippen LogP contribution in [0.3, 0.4) is 0 Å². The lowest BCUT2D eigenvalue weighted by molar-refractivity contribution is 0.0601. The lowest BCUT2D eigenvalue weighted by Crippen LogP contribution is -2.14. The van der Waals surface area contributed by atoms with Gasteiger partial charge in [0.2, 0.25) is 0 Å². The molecule has 0 bridgehead atoms. The van der Waals surface area contributed by atoms with Gasteiger partial charge in [-0.25, -0.2) is 13.6 Å². The molecule has 0 saturated heterocycles. The molecule has 162 valence electrons. The molecule has 3 rings (SSSR count). The number of ether oxygens (including phenoxy) is 2. The molecule has 8 nitrogen and oxygen atoms in total. The van der Waals surface area contributed by atoms with Gasteiger partial charge in [0.25, 0.3) is 11.8 Å². The summed E-state index contributed by atoms with van der Waals surface area (Å²) in [5.41, 5.74) is 5.61. The highest BCUT2D eigenvalue weighted by atomic mass is 32.1. The van der Waals surface area contributed by atoms with Crippen LogP contribution in [0, 0.1) is 18.6 Å². The summed E-state index contributed by atoms with van der Waals surface area (Å²) in [6.07, 6.45) is 0. The number of primary amides is 1. The van der Waals surface area contributed by atoms with Gasteiger partial charge in [-0.15, -0.1) is 11.3 Å². The third-order valence-electron chi connectivity index (χ3n) is 4.14. The van der Waals surface area contributed by atoms with Crippen molar-refractivity contribution in [2.45, 2.75) is 13.5 Å². The molecular formula is C20H16F2N2O6S. The smallest absolute Gasteiger partial charge is 0.341 e. The number of esters is 1. The topological polar surface area (TPSA) is 121 Å². The highest BCUT2D eigenvalue weighted by molar-refractivity contribution is 7.18. The second-order valence-electron chi connectivity index (χ2n) is 6.20. The summed E-state index contributed by atoms with van der Waals surface area (Å²) in [7, 11) is 1.16. The van der Waals surface area contributed by atoms with Crippen LogP contribution < -0.4 is 15.8 Å². The number of nitrogens with two attached hydrogens (primary N) is 1. The minimum absolute atomic E-state index is 0.0107. The quantitative estimate of drug-likeness (QED) is 0.530. The van der Waals surface area contributed by atoms with Crippen molar-refractivity contribution in [2.75, 3.05) is 12.4 Å². The molecule has 3 N–H and O–H groups in total. The van der Waals surface area contributed by atoms with Crippen LogP contribution in [0.4, 0.5) is 13.8 Å². The number of benzene rings is 1. The Morgan fingerprint density at radius 1 is 1.19 bits per heavy atom. The van der Waals surface area contributed by atoms with Crippen LogP contribution in [0.25, 0.3) is 0 Å². The van der Waals surface area contributed by atoms with Crippen molar-refractivity contribution < 1.29 is 37.1 Å². The van der Waals surface area contributed by atoms with Gasteiger partial charge in [0.05, 0.1) is 17.6 Å². The van der Waals surface area contributed by atoms with Gasteiger partial charge in [-0.3, -0.25) is 9.59 Å². The van der Waals surface area contributed by atoms with Crippen molar-refractivity contribution in [1.29, 1.82) is 0 Å². The molecule has 1 aromatic carbocycles. The Morgan fingerprint density at radius 2 is 1.94 bits per heavy atom. The maximum Gasteiger partial charge on any atom is 0.341 e. The van der Waals surface area contributed by atoms with Crippen LogP contribution in [0.5, 0.6) is 5.75 Å². The van der Waals surface area contributed by atoms with Gasteiger partial charge in [0, 0.05) is 6.07 Å². The van der Waals surface area contributed by atoms with Gasteiger partial charge in [-0.2, -0.15) is 0 Å². The Morgan fingerprint density at radius 3 is 2.58 bits per heavy atom. The molecule has 0 fully saturated rings. The van der Waals surface area contributed by atoms with E-state index in [1.807, 2.05) is 0 Å². The zero-order valence-electron chi connectivity index (χ0n) is 16.3. The number of furan rings is 1. The summed E-state index contributed by atoms with van der Waals surface area (Å²) in [5, 5.41) is 2.57. The predicted octanol–water partition coefficient (Wildman–Crippen LogP) is 3.64. The number of rotatable bonds is 7. The lowest BCUT2D eigenvalue weighted by Gasteiger charge is -2.06. The summed E-state index contributed by atoms with van der Waals surface area (Å²) < 4.78 is 41.9. The van der Waals surface area contributed by atoms with Crippen LogP contribution in [0.1, 0.15) is 41.9 Å². The largest absolute Gasteiger partial charge is 0.483 e. The monoisotopic (exact) mass is 450 g/mol. The maximum absolute atomic E-state index is 13.6. The molecule has 0 saturated carbocycles. The van der Waals surface area contributed by atoms with Gasteiger partial charge >= 0.3 is 5.97 Å². The summed E-state index contributed by atoms with van der Waals surface area (Å²) in [5.74, 6) is -3.93. The van der Waals surface area contributed by atoms with E-state index in [9.17, 15) is 23.2 Å². The van der Waals surface area contributed by atoms with Crippen molar-refractivity contribution in [3.63, 3.8) is 0 Å². The second-order valence-corrected chi connectivity index (χ2v) is 7.22. The fourth-order valence-corrected chi connectivity index (χ4v) is 3.71. The lowest BCUT2D eigenvalue weighted by atomic mass is 10.1. The molecule has 2 aromatic heterocycles. The van der Waals surface area contributed by atoms with Crippen LogP contribution in [0.2, 0.25) is 0 Å². The number of halogens is 2. The number of amides is 2. The highest BCUT2D eigenvalue weighted by Crippen LogP contribution is 2.34. The standard InChI is InChI=1S/C20H16F2N2O6S/c1-9-15(20(27)28-2)19(31-16(9)17(23)25)24-18(26)14-6-4-11(30-14)8-29-13-5-3-10(21)7-12(13)22/h3-7H,8H2,1-2H3,(H2,23,25)(H,24,26). The van der Waals surface area contributed by atoms with Crippen LogP contribution in [-0.4, -0.2) is 24.9 Å². The zero-order chi connectivity index (χ0) is 22.7. The average Bonchev–Trinajstić information content (AvgIpc) is 3.31. The molecule has 11 heteroatoms. The summed E-state index contributed by atoms with van der Waals surface area (Å²) in [6.45, 7) is 1.29. The normalized spacial score (nSPS) is 10.6. The zero-order valence-corrected chi connectivity index (χ0v) is 17.1. The Balaban J connectivity index is 1.75. The molecule has 31 heavy (non-hydrogen) atoms. The Kier molecular flexibility index (Phi) is 6.35. The minimum atomic E-state index is -0.877. The van der Waals surface area contributed by atoms with E-state index in [1.165, 1.54) is 19.1 Å². The van der Waals surface area contributed by atoms with E-state index in [2.05, 4.69) is 5.32 Å². The number of hydrogen-bond donors (Lipinski definition) is 2. The molecule has 2 heterocycles. The fourth-order valence-electron chi connectivity index (χ4n) is 2.67. The summed E-state index contributed by atoms with van der Waals surface area (Å²) >= 11 is 0.832. The van der Waals surface area contributed by atoms with Crippen molar-refractivity contribution in [3.8, 4) is 5.75 Å². The van der Waals surface area contributed by atoms with E-state index in [0.717, 1.165) is 30.6 Å². The first kappa shape index (κ1) is 22.0. The first-order valence-corrected chi connectivity index (χ1v) is 9.52. The Bertz CT molecular complexity index is 1170. The predicted molar refractivity (Wildman–Crippen MR) is 106 cm³/mol. The molecule has 0 aliphatic rings. The number of hydrogen-bond acceptors (Lipinski definition) is 7. The van der Waals surface area contributed by atoms with Crippen molar-refractivity contribution in [3.05, 3.63) is 69.5 Å². The van der Waals surface area contributed by atoms with Crippen molar-refractivity contribution >= 4 is 34.1 Å². The molecule has 0 unspecified atom stereocenters. The Hall–Kier alpha value is -3.73. The first-order valence-electron chi connectivity index (χ1n) is 8.70.